The van der Waals surface area contributed by atoms with E-state index in [2.05, 4.69) is 39.3 Å². The molecule has 0 fully saturated rings. The lowest BCUT2D eigenvalue weighted by atomic mass is 10.1. The smallest absolute Gasteiger partial charge is 0.232 e. The van der Waals surface area contributed by atoms with Crippen LogP contribution in [0.1, 0.15) is 18.5 Å². The molecule has 0 aliphatic carbocycles. The van der Waals surface area contributed by atoms with E-state index in [0.717, 1.165) is 5.69 Å². The maximum absolute atomic E-state index is 5.33. The van der Waals surface area contributed by atoms with E-state index in [4.69, 9.17) is 9.47 Å². The SMILES string of the molecule is COc1ccc(Nc2ncnc(N(C)C(C)c3ccccc3)n2)cc1OC. The molecule has 0 radical (unpaired) electrons. The molecule has 0 saturated heterocycles. The third-order valence-corrected chi connectivity index (χ3v) is 4.38. The van der Waals surface area contributed by atoms with Gasteiger partial charge in [-0.2, -0.15) is 4.98 Å². The van der Waals surface area contributed by atoms with Crippen molar-refractivity contribution in [3.05, 3.63) is 60.4 Å². The first-order valence-electron chi connectivity index (χ1n) is 8.58. The highest BCUT2D eigenvalue weighted by Gasteiger charge is 2.15. The minimum atomic E-state index is 0.127. The zero-order chi connectivity index (χ0) is 19.2. The molecule has 0 bridgehead atoms. The van der Waals surface area contributed by atoms with Crippen molar-refractivity contribution < 1.29 is 9.47 Å². The van der Waals surface area contributed by atoms with Gasteiger partial charge in [0.1, 0.15) is 6.33 Å². The number of anilines is 3. The van der Waals surface area contributed by atoms with Crippen LogP contribution in [0.4, 0.5) is 17.6 Å². The summed E-state index contributed by atoms with van der Waals surface area (Å²) in [7, 11) is 5.17. The minimum absolute atomic E-state index is 0.127. The molecular formula is C20H23N5O2. The van der Waals surface area contributed by atoms with Crippen LogP contribution in [0.2, 0.25) is 0 Å². The van der Waals surface area contributed by atoms with E-state index in [9.17, 15) is 0 Å². The fraction of sp³-hybridized carbons (Fsp3) is 0.250. The summed E-state index contributed by atoms with van der Waals surface area (Å²) in [6.45, 7) is 2.11. The Bertz CT molecular complexity index is 889. The zero-order valence-corrected chi connectivity index (χ0v) is 15.9. The molecule has 1 atom stereocenters. The molecule has 0 saturated carbocycles. The summed E-state index contributed by atoms with van der Waals surface area (Å²) < 4.78 is 10.6. The molecule has 0 aliphatic heterocycles. The standard InChI is InChI=1S/C20H23N5O2/c1-14(15-8-6-5-7-9-15)25(2)20-22-13-21-19(24-20)23-16-10-11-17(26-3)18(12-16)27-4/h5-14H,1-4H3,(H,21,22,23,24). The lowest BCUT2D eigenvalue weighted by molar-refractivity contribution is 0.355. The highest BCUT2D eigenvalue weighted by atomic mass is 16.5. The number of benzene rings is 2. The molecule has 3 aromatic rings. The second-order valence-electron chi connectivity index (χ2n) is 6.00. The number of hydrogen-bond donors (Lipinski definition) is 1. The highest BCUT2D eigenvalue weighted by molar-refractivity contribution is 5.60. The number of hydrogen-bond acceptors (Lipinski definition) is 7. The molecule has 1 aromatic heterocycles. The molecule has 1 heterocycles. The summed E-state index contributed by atoms with van der Waals surface area (Å²) >= 11 is 0. The van der Waals surface area contributed by atoms with Gasteiger partial charge in [-0.15, -0.1) is 0 Å². The van der Waals surface area contributed by atoms with E-state index in [1.807, 2.05) is 48.3 Å². The monoisotopic (exact) mass is 365 g/mol. The number of ether oxygens (including phenoxy) is 2. The van der Waals surface area contributed by atoms with Crippen molar-refractivity contribution in [2.45, 2.75) is 13.0 Å². The van der Waals surface area contributed by atoms with Crippen LogP contribution in [-0.2, 0) is 0 Å². The number of aromatic nitrogens is 3. The van der Waals surface area contributed by atoms with Gasteiger partial charge in [0, 0.05) is 18.8 Å². The Balaban J connectivity index is 1.79. The molecule has 2 aromatic carbocycles. The second-order valence-corrected chi connectivity index (χ2v) is 6.00. The first kappa shape index (κ1) is 18.4. The van der Waals surface area contributed by atoms with E-state index < -0.39 is 0 Å². The van der Waals surface area contributed by atoms with Gasteiger partial charge in [-0.1, -0.05) is 30.3 Å². The molecule has 0 amide bonds. The van der Waals surface area contributed by atoms with Crippen molar-refractivity contribution in [2.75, 3.05) is 31.5 Å². The fourth-order valence-corrected chi connectivity index (χ4v) is 2.69. The number of nitrogens with zero attached hydrogens (tertiary/aromatic N) is 4. The van der Waals surface area contributed by atoms with Crippen LogP contribution in [0.15, 0.2) is 54.9 Å². The molecule has 7 nitrogen and oxygen atoms in total. The predicted octanol–water partition coefficient (Wildman–Crippen LogP) is 3.83. The minimum Gasteiger partial charge on any atom is -0.493 e. The molecule has 140 valence electrons. The summed E-state index contributed by atoms with van der Waals surface area (Å²) in [5.74, 6) is 2.34. The Morgan fingerprint density at radius 3 is 2.41 bits per heavy atom. The van der Waals surface area contributed by atoms with Gasteiger partial charge >= 0.3 is 0 Å². The molecule has 0 spiro atoms. The van der Waals surface area contributed by atoms with Gasteiger partial charge in [0.2, 0.25) is 11.9 Å². The van der Waals surface area contributed by atoms with Crippen LogP contribution in [-0.4, -0.2) is 36.2 Å². The van der Waals surface area contributed by atoms with Crippen LogP contribution in [0.5, 0.6) is 11.5 Å². The molecular weight excluding hydrogens is 342 g/mol. The van der Waals surface area contributed by atoms with Gasteiger partial charge in [-0.25, -0.2) is 9.97 Å². The second kappa shape index (κ2) is 8.35. The summed E-state index contributed by atoms with van der Waals surface area (Å²) in [5, 5.41) is 3.18. The zero-order valence-electron chi connectivity index (χ0n) is 15.9. The molecule has 7 heteroatoms. The van der Waals surface area contributed by atoms with Crippen molar-refractivity contribution >= 4 is 17.6 Å². The lowest BCUT2D eigenvalue weighted by Gasteiger charge is -2.25. The van der Waals surface area contributed by atoms with Gasteiger partial charge in [-0.3, -0.25) is 0 Å². The third-order valence-electron chi connectivity index (χ3n) is 4.38. The van der Waals surface area contributed by atoms with Gasteiger partial charge in [0.25, 0.3) is 0 Å². The van der Waals surface area contributed by atoms with Gasteiger partial charge in [0.15, 0.2) is 11.5 Å². The first-order valence-corrected chi connectivity index (χ1v) is 8.58. The van der Waals surface area contributed by atoms with E-state index in [-0.39, 0.29) is 6.04 Å². The third kappa shape index (κ3) is 4.25. The van der Waals surface area contributed by atoms with Crippen molar-refractivity contribution in [3.8, 4) is 11.5 Å². The summed E-state index contributed by atoms with van der Waals surface area (Å²) in [6.07, 6.45) is 1.50. The van der Waals surface area contributed by atoms with Crippen molar-refractivity contribution in [1.82, 2.24) is 15.0 Å². The molecule has 1 N–H and O–H groups in total. The van der Waals surface area contributed by atoms with Crippen molar-refractivity contribution in [1.29, 1.82) is 0 Å². The van der Waals surface area contributed by atoms with Gasteiger partial charge < -0.3 is 19.7 Å². The van der Waals surface area contributed by atoms with Crippen LogP contribution in [0, 0.1) is 0 Å². The number of methoxy groups -OCH3 is 2. The summed E-state index contributed by atoms with van der Waals surface area (Å²) in [5.41, 5.74) is 1.98. The quantitative estimate of drug-likeness (QED) is 0.682. The van der Waals surface area contributed by atoms with Crippen LogP contribution in [0.3, 0.4) is 0 Å². The maximum Gasteiger partial charge on any atom is 0.232 e. The van der Waals surface area contributed by atoms with E-state index >= 15 is 0 Å². The van der Waals surface area contributed by atoms with Crippen LogP contribution in [0.25, 0.3) is 0 Å². The maximum atomic E-state index is 5.33. The average Bonchev–Trinajstić information content (AvgIpc) is 2.73. The Hall–Kier alpha value is -3.35. The molecule has 0 aliphatic rings. The van der Waals surface area contributed by atoms with Crippen LogP contribution < -0.4 is 19.7 Å². The summed E-state index contributed by atoms with van der Waals surface area (Å²) in [6, 6.07) is 15.9. The van der Waals surface area contributed by atoms with E-state index in [1.54, 1.807) is 14.2 Å². The lowest BCUT2D eigenvalue weighted by Crippen LogP contribution is -2.24. The van der Waals surface area contributed by atoms with E-state index in [1.165, 1.54) is 11.9 Å². The van der Waals surface area contributed by atoms with E-state index in [0.29, 0.717) is 23.4 Å². The first-order chi connectivity index (χ1) is 13.1. The predicted molar refractivity (Wildman–Crippen MR) is 106 cm³/mol. The molecule has 3 rings (SSSR count). The number of rotatable bonds is 7. The topological polar surface area (TPSA) is 72.4 Å². The average molecular weight is 365 g/mol. The van der Waals surface area contributed by atoms with Crippen molar-refractivity contribution in [2.24, 2.45) is 0 Å². The van der Waals surface area contributed by atoms with Gasteiger partial charge in [0.05, 0.1) is 20.3 Å². The molecule has 1 unspecified atom stereocenters. The Labute approximate surface area is 159 Å². The molecule has 27 heavy (non-hydrogen) atoms. The summed E-state index contributed by atoms with van der Waals surface area (Å²) in [4.78, 5) is 15.1. The normalized spacial score (nSPS) is 11.6. The fourth-order valence-electron chi connectivity index (χ4n) is 2.69. The number of nitrogens with one attached hydrogen (secondary N) is 1. The Kier molecular flexibility index (Phi) is 5.71. The van der Waals surface area contributed by atoms with Gasteiger partial charge in [-0.05, 0) is 24.6 Å². The van der Waals surface area contributed by atoms with Crippen LogP contribution >= 0.6 is 0 Å². The Morgan fingerprint density at radius 1 is 0.963 bits per heavy atom. The largest absolute Gasteiger partial charge is 0.493 e. The Morgan fingerprint density at radius 2 is 1.70 bits per heavy atom. The van der Waals surface area contributed by atoms with Crippen molar-refractivity contribution in [3.63, 3.8) is 0 Å². The highest BCUT2D eigenvalue weighted by Crippen LogP contribution is 2.31.